The second-order valence-corrected chi connectivity index (χ2v) is 4.81. The number of anilines is 2. The van der Waals surface area contributed by atoms with E-state index in [0.717, 1.165) is 18.7 Å². The number of ether oxygens (including phenoxy) is 1. The van der Waals surface area contributed by atoms with E-state index in [-0.39, 0.29) is 11.6 Å². The van der Waals surface area contributed by atoms with Gasteiger partial charge >= 0.3 is 0 Å². The highest BCUT2D eigenvalue weighted by Crippen LogP contribution is 2.15. The quantitative estimate of drug-likeness (QED) is 0.768. The molecular formula is C17H18N4O2. The van der Waals surface area contributed by atoms with E-state index in [1.54, 1.807) is 49.7 Å². The van der Waals surface area contributed by atoms with Crippen LogP contribution in [0.3, 0.4) is 0 Å². The number of nitrogens with one attached hydrogen (secondary N) is 2. The van der Waals surface area contributed by atoms with Gasteiger partial charge in [0.15, 0.2) is 0 Å². The van der Waals surface area contributed by atoms with Crippen LogP contribution in [0, 0.1) is 11.3 Å². The molecule has 1 aromatic carbocycles. The second kappa shape index (κ2) is 8.51. The Kier molecular flexibility index (Phi) is 6.09. The number of aromatic nitrogens is 1. The molecule has 0 aliphatic rings. The summed E-state index contributed by atoms with van der Waals surface area (Å²) in [5.41, 5.74) is 1.99. The number of hydrogen-bond acceptors (Lipinski definition) is 5. The average molecular weight is 310 g/mol. The van der Waals surface area contributed by atoms with Gasteiger partial charge in [-0.05, 0) is 30.7 Å². The third-order valence-electron chi connectivity index (χ3n) is 3.14. The summed E-state index contributed by atoms with van der Waals surface area (Å²) < 4.78 is 4.99. The molecule has 0 aliphatic carbocycles. The van der Waals surface area contributed by atoms with Crippen LogP contribution < -0.4 is 10.6 Å². The summed E-state index contributed by atoms with van der Waals surface area (Å²) in [6.45, 7) is 1.42. The Balaban J connectivity index is 2.03. The van der Waals surface area contributed by atoms with Crippen molar-refractivity contribution in [2.24, 2.45) is 0 Å². The van der Waals surface area contributed by atoms with Crippen LogP contribution >= 0.6 is 0 Å². The number of benzene rings is 1. The minimum absolute atomic E-state index is 0.287. The van der Waals surface area contributed by atoms with Gasteiger partial charge in [0.2, 0.25) is 0 Å². The number of nitriles is 1. The molecule has 1 amide bonds. The van der Waals surface area contributed by atoms with Gasteiger partial charge in [0.05, 0.1) is 11.3 Å². The first-order valence-corrected chi connectivity index (χ1v) is 7.24. The fourth-order valence-corrected chi connectivity index (χ4v) is 1.99. The first-order valence-electron chi connectivity index (χ1n) is 7.24. The van der Waals surface area contributed by atoms with Crippen molar-refractivity contribution in [1.82, 2.24) is 4.98 Å². The van der Waals surface area contributed by atoms with Crippen molar-refractivity contribution in [3.05, 3.63) is 53.9 Å². The lowest BCUT2D eigenvalue weighted by Gasteiger charge is -2.09. The number of hydrogen-bond donors (Lipinski definition) is 2. The predicted molar refractivity (Wildman–Crippen MR) is 88.3 cm³/mol. The lowest BCUT2D eigenvalue weighted by Crippen LogP contribution is -2.15. The first kappa shape index (κ1) is 16.5. The van der Waals surface area contributed by atoms with Crippen molar-refractivity contribution in [2.75, 3.05) is 30.9 Å². The lowest BCUT2D eigenvalue weighted by atomic mass is 10.2. The van der Waals surface area contributed by atoms with Gasteiger partial charge in [-0.3, -0.25) is 9.78 Å². The van der Waals surface area contributed by atoms with Crippen LogP contribution in [0.4, 0.5) is 11.4 Å². The number of para-hydroxylation sites is 1. The molecule has 0 bridgehead atoms. The van der Waals surface area contributed by atoms with Gasteiger partial charge in [-0.1, -0.05) is 12.1 Å². The monoisotopic (exact) mass is 310 g/mol. The fraction of sp³-hybridized carbons (Fsp3) is 0.235. The molecule has 1 aromatic heterocycles. The van der Waals surface area contributed by atoms with Gasteiger partial charge in [-0.2, -0.15) is 5.26 Å². The van der Waals surface area contributed by atoms with Gasteiger partial charge < -0.3 is 15.4 Å². The largest absolute Gasteiger partial charge is 0.385 e. The number of pyridine rings is 1. The normalized spacial score (nSPS) is 9.91. The van der Waals surface area contributed by atoms with Crippen molar-refractivity contribution in [3.63, 3.8) is 0 Å². The molecule has 0 atom stereocenters. The van der Waals surface area contributed by atoms with Gasteiger partial charge in [0, 0.05) is 32.1 Å². The molecule has 6 heteroatoms. The minimum Gasteiger partial charge on any atom is -0.385 e. The highest BCUT2D eigenvalue weighted by Gasteiger charge is 2.10. The second-order valence-electron chi connectivity index (χ2n) is 4.81. The number of methoxy groups -OCH3 is 1. The zero-order valence-corrected chi connectivity index (χ0v) is 12.9. The molecule has 0 saturated heterocycles. The zero-order chi connectivity index (χ0) is 16.5. The molecule has 0 spiro atoms. The Morgan fingerprint density at radius 3 is 2.96 bits per heavy atom. The summed E-state index contributed by atoms with van der Waals surface area (Å²) in [5, 5.41) is 15.0. The van der Waals surface area contributed by atoms with Gasteiger partial charge in [-0.15, -0.1) is 0 Å². The molecule has 23 heavy (non-hydrogen) atoms. The standard InChI is InChI=1S/C17H18N4O2/c1-23-10-4-8-19-14-7-9-20-16(11-14)17(22)21-15-6-3-2-5-13(15)12-18/h2-3,5-7,9,11H,4,8,10H2,1H3,(H,19,20)(H,21,22). The molecule has 0 radical (unpaired) electrons. The summed E-state index contributed by atoms with van der Waals surface area (Å²) in [6, 6.07) is 12.4. The summed E-state index contributed by atoms with van der Waals surface area (Å²) in [6.07, 6.45) is 2.44. The van der Waals surface area contributed by atoms with E-state index in [0.29, 0.717) is 17.9 Å². The van der Waals surface area contributed by atoms with Gasteiger partial charge in [0.1, 0.15) is 11.8 Å². The Labute approximate surface area is 135 Å². The Hall–Kier alpha value is -2.91. The summed E-state index contributed by atoms with van der Waals surface area (Å²) >= 11 is 0. The molecule has 118 valence electrons. The maximum Gasteiger partial charge on any atom is 0.274 e. The maximum atomic E-state index is 12.3. The van der Waals surface area contributed by atoms with E-state index in [1.807, 2.05) is 6.07 Å². The van der Waals surface area contributed by atoms with E-state index >= 15 is 0 Å². The van der Waals surface area contributed by atoms with E-state index in [2.05, 4.69) is 15.6 Å². The minimum atomic E-state index is -0.353. The summed E-state index contributed by atoms with van der Waals surface area (Å²) in [5.74, 6) is -0.353. The Morgan fingerprint density at radius 2 is 2.17 bits per heavy atom. The number of carbonyl (C=O) groups excluding carboxylic acids is 1. The molecule has 1 heterocycles. The number of nitrogens with zero attached hydrogens (tertiary/aromatic N) is 2. The fourth-order valence-electron chi connectivity index (χ4n) is 1.99. The van der Waals surface area contributed by atoms with E-state index in [1.165, 1.54) is 0 Å². The lowest BCUT2D eigenvalue weighted by molar-refractivity contribution is 0.102. The third kappa shape index (κ3) is 4.80. The number of carbonyl (C=O) groups is 1. The molecule has 0 aliphatic heterocycles. The van der Waals surface area contributed by atoms with Gasteiger partial charge in [0.25, 0.3) is 5.91 Å². The van der Waals surface area contributed by atoms with Crippen molar-refractivity contribution in [2.45, 2.75) is 6.42 Å². The van der Waals surface area contributed by atoms with Crippen molar-refractivity contribution in [3.8, 4) is 6.07 Å². The highest BCUT2D eigenvalue weighted by molar-refractivity contribution is 6.04. The third-order valence-corrected chi connectivity index (χ3v) is 3.14. The number of rotatable bonds is 7. The van der Waals surface area contributed by atoms with Crippen LogP contribution in [0.15, 0.2) is 42.6 Å². The molecular weight excluding hydrogens is 292 g/mol. The predicted octanol–water partition coefficient (Wildman–Crippen LogP) is 2.65. The van der Waals surface area contributed by atoms with Crippen molar-refractivity contribution >= 4 is 17.3 Å². The van der Waals surface area contributed by atoms with E-state index in [9.17, 15) is 4.79 Å². The molecule has 2 rings (SSSR count). The Morgan fingerprint density at radius 1 is 1.35 bits per heavy atom. The van der Waals surface area contributed by atoms with E-state index < -0.39 is 0 Å². The molecule has 0 fully saturated rings. The first-order chi connectivity index (χ1) is 11.2. The zero-order valence-electron chi connectivity index (χ0n) is 12.9. The molecule has 2 aromatic rings. The van der Waals surface area contributed by atoms with Crippen molar-refractivity contribution in [1.29, 1.82) is 5.26 Å². The van der Waals surface area contributed by atoms with Crippen LogP contribution in [0.1, 0.15) is 22.5 Å². The summed E-state index contributed by atoms with van der Waals surface area (Å²) in [4.78, 5) is 16.4. The molecule has 0 unspecified atom stereocenters. The topological polar surface area (TPSA) is 87.0 Å². The smallest absolute Gasteiger partial charge is 0.274 e. The summed E-state index contributed by atoms with van der Waals surface area (Å²) in [7, 11) is 1.66. The van der Waals surface area contributed by atoms with Crippen LogP contribution in [-0.2, 0) is 4.74 Å². The van der Waals surface area contributed by atoms with Crippen LogP contribution in [-0.4, -0.2) is 31.2 Å². The number of amides is 1. The molecule has 0 saturated carbocycles. The van der Waals surface area contributed by atoms with E-state index in [4.69, 9.17) is 10.00 Å². The van der Waals surface area contributed by atoms with Crippen LogP contribution in [0.5, 0.6) is 0 Å². The van der Waals surface area contributed by atoms with Gasteiger partial charge in [-0.25, -0.2) is 0 Å². The average Bonchev–Trinajstić information content (AvgIpc) is 2.59. The highest BCUT2D eigenvalue weighted by atomic mass is 16.5. The van der Waals surface area contributed by atoms with Crippen LogP contribution in [0.25, 0.3) is 0 Å². The van der Waals surface area contributed by atoms with Crippen LogP contribution in [0.2, 0.25) is 0 Å². The maximum absolute atomic E-state index is 12.3. The SMILES string of the molecule is COCCCNc1ccnc(C(=O)Nc2ccccc2C#N)c1. The molecule has 2 N–H and O–H groups in total. The Bertz CT molecular complexity index is 710. The van der Waals surface area contributed by atoms with Crippen molar-refractivity contribution < 1.29 is 9.53 Å². The molecule has 6 nitrogen and oxygen atoms in total.